The molecule has 1 saturated heterocycles. The number of hydrogen-bond acceptors (Lipinski definition) is 5. The molecule has 0 aromatic rings. The van der Waals surface area contributed by atoms with E-state index < -0.39 is 38.4 Å². The van der Waals surface area contributed by atoms with E-state index in [1.165, 1.54) is 13.8 Å². The van der Waals surface area contributed by atoms with Crippen LogP contribution in [0.5, 0.6) is 0 Å². The number of nitrogens with one attached hydrogen (secondary N) is 2. The van der Waals surface area contributed by atoms with Gasteiger partial charge in [0.2, 0.25) is 5.91 Å². The summed E-state index contributed by atoms with van der Waals surface area (Å²) in [5, 5.41) is 12.6. The van der Waals surface area contributed by atoms with Crippen molar-refractivity contribution in [3.63, 3.8) is 0 Å². The molecular formula is C12H20N2O6S. The summed E-state index contributed by atoms with van der Waals surface area (Å²) in [5.74, 6) is -1.75. The molecule has 0 spiro atoms. The number of carboxylic acid groups (broad SMARTS) is 1. The molecule has 1 aliphatic heterocycles. The topological polar surface area (TPSA) is 130 Å². The number of rotatable bonds is 5. The van der Waals surface area contributed by atoms with Gasteiger partial charge in [-0.1, -0.05) is 0 Å². The lowest BCUT2D eigenvalue weighted by Gasteiger charge is -2.18. The molecule has 1 atom stereocenters. The van der Waals surface area contributed by atoms with Crippen LogP contribution < -0.4 is 10.6 Å². The Morgan fingerprint density at radius 3 is 2.38 bits per heavy atom. The SMILES string of the molecule is CC(C)(CC(=O)NC(=O)NCC1CCCS1(=O)=O)C(=O)O. The van der Waals surface area contributed by atoms with Gasteiger partial charge >= 0.3 is 12.0 Å². The number of urea groups is 1. The van der Waals surface area contributed by atoms with Gasteiger partial charge in [0.1, 0.15) is 0 Å². The summed E-state index contributed by atoms with van der Waals surface area (Å²) in [6, 6.07) is -0.816. The van der Waals surface area contributed by atoms with Crippen molar-refractivity contribution in [2.24, 2.45) is 5.41 Å². The Hall–Kier alpha value is -1.64. The average Bonchev–Trinajstić information content (AvgIpc) is 2.64. The Labute approximate surface area is 123 Å². The maximum atomic E-state index is 11.6. The Bertz CT molecular complexity index is 540. The van der Waals surface area contributed by atoms with Crippen LogP contribution in [0.2, 0.25) is 0 Å². The highest BCUT2D eigenvalue weighted by Crippen LogP contribution is 2.20. The average molecular weight is 320 g/mol. The van der Waals surface area contributed by atoms with Crippen molar-refractivity contribution >= 4 is 27.7 Å². The van der Waals surface area contributed by atoms with E-state index in [0.29, 0.717) is 12.8 Å². The Morgan fingerprint density at radius 1 is 1.29 bits per heavy atom. The second-order valence-electron chi connectivity index (χ2n) is 5.76. The zero-order valence-electron chi connectivity index (χ0n) is 12.0. The summed E-state index contributed by atoms with van der Waals surface area (Å²) in [5.41, 5.74) is -1.28. The Morgan fingerprint density at radius 2 is 1.90 bits per heavy atom. The molecule has 0 aromatic heterocycles. The van der Waals surface area contributed by atoms with E-state index in [9.17, 15) is 22.8 Å². The van der Waals surface area contributed by atoms with E-state index >= 15 is 0 Å². The van der Waals surface area contributed by atoms with Gasteiger partial charge in [-0.05, 0) is 26.7 Å². The summed E-state index contributed by atoms with van der Waals surface area (Å²) in [6.07, 6.45) is 0.710. The molecule has 9 heteroatoms. The molecule has 3 N–H and O–H groups in total. The highest BCUT2D eigenvalue weighted by molar-refractivity contribution is 7.92. The predicted molar refractivity (Wildman–Crippen MR) is 74.4 cm³/mol. The van der Waals surface area contributed by atoms with Crippen LogP contribution in [-0.2, 0) is 19.4 Å². The van der Waals surface area contributed by atoms with Gasteiger partial charge in [-0.15, -0.1) is 0 Å². The van der Waals surface area contributed by atoms with Crippen LogP contribution >= 0.6 is 0 Å². The maximum absolute atomic E-state index is 11.6. The summed E-state index contributed by atoms with van der Waals surface area (Å²) in [6.45, 7) is 2.69. The van der Waals surface area contributed by atoms with Crippen molar-refractivity contribution in [2.45, 2.75) is 38.4 Å². The van der Waals surface area contributed by atoms with Crippen molar-refractivity contribution < 1.29 is 27.9 Å². The third-order valence-corrected chi connectivity index (χ3v) is 5.66. The molecule has 1 fully saturated rings. The molecule has 1 unspecified atom stereocenters. The van der Waals surface area contributed by atoms with E-state index in [4.69, 9.17) is 5.11 Å². The van der Waals surface area contributed by atoms with E-state index in [-0.39, 0.29) is 18.7 Å². The zero-order chi connectivity index (χ0) is 16.3. The molecular weight excluding hydrogens is 300 g/mol. The highest BCUT2D eigenvalue weighted by atomic mass is 32.2. The quantitative estimate of drug-likeness (QED) is 0.648. The summed E-state index contributed by atoms with van der Waals surface area (Å²) in [4.78, 5) is 33.9. The Kier molecular flexibility index (Phi) is 5.32. The fourth-order valence-electron chi connectivity index (χ4n) is 1.99. The third kappa shape index (κ3) is 5.00. The largest absolute Gasteiger partial charge is 0.481 e. The monoisotopic (exact) mass is 320 g/mol. The second kappa shape index (κ2) is 6.42. The third-order valence-electron chi connectivity index (χ3n) is 3.39. The van der Waals surface area contributed by atoms with Crippen molar-refractivity contribution in [3.05, 3.63) is 0 Å². The first kappa shape index (κ1) is 17.4. The minimum absolute atomic E-state index is 0.0518. The molecule has 120 valence electrons. The zero-order valence-corrected chi connectivity index (χ0v) is 12.8. The summed E-state index contributed by atoms with van der Waals surface area (Å²) < 4.78 is 23.1. The number of carbonyl (C=O) groups is 3. The molecule has 1 rings (SSSR count). The number of amides is 3. The minimum atomic E-state index is -3.16. The number of carbonyl (C=O) groups excluding carboxylic acids is 2. The molecule has 1 heterocycles. The molecule has 0 radical (unpaired) electrons. The number of hydrogen-bond donors (Lipinski definition) is 3. The van der Waals surface area contributed by atoms with Crippen LogP contribution in [0, 0.1) is 5.41 Å². The van der Waals surface area contributed by atoms with Gasteiger partial charge < -0.3 is 10.4 Å². The minimum Gasteiger partial charge on any atom is -0.481 e. The molecule has 0 aliphatic carbocycles. The fraction of sp³-hybridized carbons (Fsp3) is 0.750. The van der Waals surface area contributed by atoms with Crippen molar-refractivity contribution in [2.75, 3.05) is 12.3 Å². The molecule has 0 saturated carbocycles. The predicted octanol–water partition coefficient (Wildman–Crippen LogP) is -0.110. The van der Waals surface area contributed by atoms with Crippen LogP contribution in [0.25, 0.3) is 0 Å². The van der Waals surface area contributed by atoms with Crippen molar-refractivity contribution in [1.82, 2.24) is 10.6 Å². The second-order valence-corrected chi connectivity index (χ2v) is 8.16. The highest BCUT2D eigenvalue weighted by Gasteiger charge is 2.32. The molecule has 8 nitrogen and oxygen atoms in total. The lowest BCUT2D eigenvalue weighted by molar-refractivity contribution is -0.149. The number of sulfone groups is 1. The van der Waals surface area contributed by atoms with Crippen molar-refractivity contribution in [1.29, 1.82) is 0 Å². The Balaban J connectivity index is 2.41. The van der Waals surface area contributed by atoms with Gasteiger partial charge in [-0.2, -0.15) is 0 Å². The smallest absolute Gasteiger partial charge is 0.321 e. The standard InChI is InChI=1S/C12H20N2O6S/c1-12(2,10(16)17)6-9(15)14-11(18)13-7-8-4-3-5-21(8,19)20/h8H,3-7H2,1-2H3,(H,16,17)(H2,13,14,15,18). The van der Waals surface area contributed by atoms with Crippen molar-refractivity contribution in [3.8, 4) is 0 Å². The molecule has 21 heavy (non-hydrogen) atoms. The first-order valence-electron chi connectivity index (χ1n) is 6.57. The first-order valence-corrected chi connectivity index (χ1v) is 8.29. The fourth-order valence-corrected chi connectivity index (χ4v) is 3.75. The van der Waals surface area contributed by atoms with Crippen LogP contribution in [0.3, 0.4) is 0 Å². The molecule has 0 bridgehead atoms. The van der Waals surface area contributed by atoms with Crippen LogP contribution in [-0.4, -0.2) is 49.0 Å². The number of imide groups is 1. The van der Waals surface area contributed by atoms with Crippen LogP contribution in [0.15, 0.2) is 0 Å². The van der Waals surface area contributed by atoms with Gasteiger partial charge in [0.25, 0.3) is 0 Å². The van der Waals surface area contributed by atoms with Crippen LogP contribution in [0.1, 0.15) is 33.1 Å². The van der Waals surface area contributed by atoms with Gasteiger partial charge in [0, 0.05) is 13.0 Å². The molecule has 1 aliphatic rings. The summed E-state index contributed by atoms with van der Waals surface area (Å²) >= 11 is 0. The molecule has 3 amide bonds. The normalized spacial score (nSPS) is 20.8. The summed E-state index contributed by atoms with van der Waals surface area (Å²) in [7, 11) is -3.16. The van der Waals surface area contributed by atoms with Gasteiger partial charge in [0.15, 0.2) is 9.84 Å². The number of carboxylic acids is 1. The van der Waals surface area contributed by atoms with E-state index in [1.54, 1.807) is 0 Å². The van der Waals surface area contributed by atoms with Crippen LogP contribution in [0.4, 0.5) is 4.79 Å². The maximum Gasteiger partial charge on any atom is 0.321 e. The van der Waals surface area contributed by atoms with Gasteiger partial charge in [-0.25, -0.2) is 13.2 Å². The molecule has 0 aromatic carbocycles. The van der Waals surface area contributed by atoms with Gasteiger partial charge in [0.05, 0.1) is 16.4 Å². The first-order chi connectivity index (χ1) is 9.54. The van der Waals surface area contributed by atoms with E-state index in [0.717, 1.165) is 0 Å². The lowest BCUT2D eigenvalue weighted by Crippen LogP contribution is -2.44. The van der Waals surface area contributed by atoms with Gasteiger partial charge in [-0.3, -0.25) is 14.9 Å². The van der Waals surface area contributed by atoms with E-state index in [2.05, 4.69) is 5.32 Å². The lowest BCUT2D eigenvalue weighted by atomic mass is 9.89. The number of aliphatic carboxylic acids is 1. The van der Waals surface area contributed by atoms with E-state index in [1.807, 2.05) is 5.32 Å².